The Hall–Kier alpha value is -1.71. The van der Waals surface area contributed by atoms with Crippen LogP contribution < -0.4 is 15.2 Å². The number of amidine groups is 1. The van der Waals surface area contributed by atoms with Crippen LogP contribution in [0.3, 0.4) is 0 Å². The normalized spacial score (nSPS) is 12.6. The highest BCUT2D eigenvalue weighted by molar-refractivity contribution is 14.1. The van der Waals surface area contributed by atoms with Crippen LogP contribution >= 0.6 is 22.9 Å². The van der Waals surface area contributed by atoms with Crippen LogP contribution in [0, 0.1) is 0 Å². The van der Waals surface area contributed by atoms with Gasteiger partial charge >= 0.3 is 0 Å². The zero-order chi connectivity index (χ0) is 17.7. The van der Waals surface area contributed by atoms with Crippen molar-refractivity contribution in [3.63, 3.8) is 0 Å². The van der Waals surface area contributed by atoms with Crippen molar-refractivity contribution in [3.05, 3.63) is 41.2 Å². The summed E-state index contributed by atoms with van der Waals surface area (Å²) in [6, 6.07) is 5.56. The van der Waals surface area contributed by atoms with Gasteiger partial charge < -0.3 is 5.32 Å². The van der Waals surface area contributed by atoms with Gasteiger partial charge in [-0.25, -0.2) is 18.5 Å². The molecule has 9 nitrogen and oxygen atoms in total. The summed E-state index contributed by atoms with van der Waals surface area (Å²) in [7, 11) is -3.93. The van der Waals surface area contributed by atoms with E-state index < -0.39 is 16.6 Å². The summed E-state index contributed by atoms with van der Waals surface area (Å²) in [5.41, 5.74) is 0.415. The third-order valence-corrected chi connectivity index (χ3v) is 3.74. The molecule has 0 radical (unpaired) electrons. The van der Waals surface area contributed by atoms with Gasteiger partial charge in [-0.2, -0.15) is 16.3 Å². The van der Waals surface area contributed by atoms with Crippen LogP contribution in [-0.4, -0.2) is 24.6 Å². The molecule has 0 saturated heterocycles. The number of anilines is 1. The highest BCUT2D eigenvalue weighted by Crippen LogP contribution is 2.22. The fourth-order valence-electron chi connectivity index (χ4n) is 1.68. The molecule has 0 fully saturated rings. The molecule has 0 spiro atoms. The Kier molecular flexibility index (Phi) is 6.14. The molecule has 0 saturated carbocycles. The highest BCUT2D eigenvalue weighted by atomic mass is 127. The molecule has 1 heterocycles. The van der Waals surface area contributed by atoms with E-state index in [1.54, 1.807) is 28.9 Å². The number of nitrogens with zero attached hydrogens (tertiary/aromatic N) is 3. The molecule has 0 bridgehead atoms. The van der Waals surface area contributed by atoms with Gasteiger partial charge in [0.25, 0.3) is 16.6 Å². The van der Waals surface area contributed by atoms with Gasteiger partial charge in [0.15, 0.2) is 11.5 Å². The van der Waals surface area contributed by atoms with Crippen molar-refractivity contribution in [2.24, 2.45) is 8.34 Å². The number of rotatable bonds is 6. The van der Waals surface area contributed by atoms with Gasteiger partial charge in [-0.3, -0.25) is 0 Å². The van der Waals surface area contributed by atoms with Gasteiger partial charge in [0.1, 0.15) is 5.69 Å². The third kappa shape index (κ3) is 5.15. The average Bonchev–Trinajstić information content (AvgIpc) is 2.98. The van der Waals surface area contributed by atoms with Crippen molar-refractivity contribution < 1.29 is 21.8 Å². The SMILES string of the molecule is NS(=O)(=O)NCc1nonc1C(=NI)Nc1cccc(C(F)F)c1. The molecule has 1 aromatic heterocycles. The molecule has 1 aromatic carbocycles. The van der Waals surface area contributed by atoms with Crippen LogP contribution in [0.4, 0.5) is 14.5 Å². The molecule has 0 aliphatic carbocycles. The Morgan fingerprint density at radius 2 is 2.17 bits per heavy atom. The summed E-state index contributed by atoms with van der Waals surface area (Å²) in [5.74, 6) is 0.148. The van der Waals surface area contributed by atoms with E-state index in [0.717, 1.165) is 0 Å². The Morgan fingerprint density at radius 1 is 1.42 bits per heavy atom. The van der Waals surface area contributed by atoms with Crippen LogP contribution in [0.15, 0.2) is 32.1 Å². The zero-order valence-electron chi connectivity index (χ0n) is 11.8. The molecule has 2 aromatic rings. The number of aromatic nitrogens is 2. The molecule has 4 N–H and O–H groups in total. The first kappa shape index (κ1) is 18.6. The van der Waals surface area contributed by atoms with E-state index >= 15 is 0 Å². The second-order valence-corrected chi connectivity index (χ2v) is 6.27. The Labute approximate surface area is 149 Å². The third-order valence-electron chi connectivity index (χ3n) is 2.71. The maximum atomic E-state index is 12.7. The van der Waals surface area contributed by atoms with Crippen molar-refractivity contribution in [2.45, 2.75) is 13.0 Å². The van der Waals surface area contributed by atoms with E-state index in [9.17, 15) is 17.2 Å². The van der Waals surface area contributed by atoms with E-state index in [4.69, 9.17) is 5.14 Å². The first-order valence-corrected chi connectivity index (χ1v) is 8.74. The van der Waals surface area contributed by atoms with E-state index in [2.05, 4.69) is 23.5 Å². The lowest BCUT2D eigenvalue weighted by atomic mass is 10.2. The van der Waals surface area contributed by atoms with Crippen molar-refractivity contribution in [1.82, 2.24) is 15.0 Å². The predicted octanol–water partition coefficient (Wildman–Crippen LogP) is 1.51. The Bertz CT molecular complexity index is 842. The lowest BCUT2D eigenvalue weighted by Gasteiger charge is -2.09. The van der Waals surface area contributed by atoms with Crippen molar-refractivity contribution in [3.8, 4) is 0 Å². The lowest BCUT2D eigenvalue weighted by molar-refractivity contribution is 0.151. The van der Waals surface area contributed by atoms with Crippen molar-refractivity contribution >= 4 is 44.6 Å². The topological polar surface area (TPSA) is 136 Å². The van der Waals surface area contributed by atoms with Gasteiger partial charge in [0.05, 0.1) is 29.4 Å². The van der Waals surface area contributed by atoms with Crippen molar-refractivity contribution in [2.75, 3.05) is 5.32 Å². The van der Waals surface area contributed by atoms with Crippen molar-refractivity contribution in [1.29, 1.82) is 0 Å². The molecule has 13 heteroatoms. The molecule has 24 heavy (non-hydrogen) atoms. The Morgan fingerprint density at radius 3 is 2.79 bits per heavy atom. The minimum Gasteiger partial charge on any atom is -0.338 e. The highest BCUT2D eigenvalue weighted by Gasteiger charge is 2.18. The zero-order valence-corrected chi connectivity index (χ0v) is 14.8. The number of nitrogens with one attached hydrogen (secondary N) is 2. The van der Waals surface area contributed by atoms with E-state index in [-0.39, 0.29) is 29.3 Å². The van der Waals surface area contributed by atoms with Gasteiger partial charge in [0, 0.05) is 11.3 Å². The molecule has 0 aliphatic rings. The van der Waals surface area contributed by atoms with E-state index in [1.807, 2.05) is 4.72 Å². The largest absolute Gasteiger partial charge is 0.338 e. The fraction of sp³-hybridized carbons (Fsp3) is 0.182. The minimum absolute atomic E-state index is 0.114. The summed E-state index contributed by atoms with van der Waals surface area (Å²) >= 11 is 1.67. The van der Waals surface area contributed by atoms with Gasteiger partial charge in [-0.05, 0) is 17.3 Å². The van der Waals surface area contributed by atoms with Crippen LogP contribution in [0.2, 0.25) is 0 Å². The van der Waals surface area contributed by atoms with Crippen LogP contribution in [0.25, 0.3) is 0 Å². The van der Waals surface area contributed by atoms with Gasteiger partial charge in [-0.1, -0.05) is 17.3 Å². The number of nitrogens with two attached hydrogens (primary N) is 1. The quantitative estimate of drug-likeness (QED) is 0.332. The fourth-order valence-corrected chi connectivity index (χ4v) is 2.37. The number of hydrogen-bond donors (Lipinski definition) is 3. The second-order valence-electron chi connectivity index (χ2n) is 4.41. The first-order chi connectivity index (χ1) is 11.3. The summed E-state index contributed by atoms with van der Waals surface area (Å²) in [5, 5.41) is 14.8. The maximum Gasteiger partial charge on any atom is 0.274 e. The standard InChI is InChI=1S/C11H11F2IN6O3S/c12-10(13)6-2-1-3-7(4-6)17-11(18-14)9-8(19-23-20-9)5-16-24(15,21)22/h1-4,10,16H,5H2,(H,17,18)(H2,15,21,22). The van der Waals surface area contributed by atoms with Crippen LogP contribution in [-0.2, 0) is 16.8 Å². The smallest absolute Gasteiger partial charge is 0.274 e. The monoisotopic (exact) mass is 472 g/mol. The first-order valence-electron chi connectivity index (χ1n) is 6.23. The molecule has 0 atom stereocenters. The van der Waals surface area contributed by atoms with Gasteiger partial charge in [0.2, 0.25) is 0 Å². The average molecular weight is 472 g/mol. The summed E-state index contributed by atoms with van der Waals surface area (Å²) in [6.07, 6.45) is -2.62. The maximum absolute atomic E-state index is 12.7. The molecule has 130 valence electrons. The number of benzene rings is 1. The molecule has 0 aliphatic heterocycles. The molecular weight excluding hydrogens is 461 g/mol. The molecule has 2 rings (SSSR count). The molecular formula is C11H11F2IN6O3S. The summed E-state index contributed by atoms with van der Waals surface area (Å²) in [4.78, 5) is 0. The van der Waals surface area contributed by atoms with Gasteiger partial charge in [-0.15, -0.1) is 0 Å². The van der Waals surface area contributed by atoms with E-state index in [0.29, 0.717) is 5.69 Å². The second kappa shape index (κ2) is 7.91. The lowest BCUT2D eigenvalue weighted by Crippen LogP contribution is -2.31. The number of alkyl halides is 2. The summed E-state index contributed by atoms with van der Waals surface area (Å²) < 4.78 is 57.9. The molecule has 0 unspecified atom stereocenters. The van der Waals surface area contributed by atoms with Crippen LogP contribution in [0.5, 0.6) is 0 Å². The predicted molar refractivity (Wildman–Crippen MR) is 89.8 cm³/mol. The number of hydrogen-bond acceptors (Lipinski definition) is 6. The number of halogens is 3. The Balaban J connectivity index is 2.21. The van der Waals surface area contributed by atoms with E-state index in [1.165, 1.54) is 18.2 Å². The molecule has 0 amide bonds. The van der Waals surface area contributed by atoms with Crippen LogP contribution in [0.1, 0.15) is 23.4 Å². The minimum atomic E-state index is -3.93. The summed E-state index contributed by atoms with van der Waals surface area (Å²) in [6.45, 7) is -0.272.